The Kier molecular flexibility index (Phi) is 5.58. The van der Waals surface area contributed by atoms with E-state index in [9.17, 15) is 20.1 Å². The van der Waals surface area contributed by atoms with Crippen molar-refractivity contribution in [3.63, 3.8) is 0 Å². The molecule has 1 aliphatic rings. The summed E-state index contributed by atoms with van der Waals surface area (Å²) in [7, 11) is 1.43. The molecule has 2 N–H and O–H groups in total. The molecular weight excluding hydrogens is 386 g/mol. The Morgan fingerprint density at radius 1 is 1.17 bits per heavy atom. The van der Waals surface area contributed by atoms with E-state index in [2.05, 4.69) is 24.9 Å². The Morgan fingerprint density at radius 3 is 2.28 bits per heavy atom. The molecule has 0 spiro atoms. The van der Waals surface area contributed by atoms with Gasteiger partial charge in [-0.3, -0.25) is 14.5 Å². The minimum atomic E-state index is -0.671. The maximum Gasteiger partial charge on any atom is 0.242 e. The third kappa shape index (κ3) is 3.67. The standard InChI is InChI=1S/C21H19N5O2S/c1-11(2)12-4-6-13(7-5-12)18-14(9-22)19(24)25-20(15(18)10-23)29-16-8-17(27)26(3)21(16)28/h4-7,11,16H,8H2,1-3H3,(H2,24,25). The van der Waals surface area contributed by atoms with Crippen LogP contribution in [0.5, 0.6) is 0 Å². The smallest absolute Gasteiger partial charge is 0.242 e. The van der Waals surface area contributed by atoms with Gasteiger partial charge in [0.05, 0.1) is 10.8 Å². The van der Waals surface area contributed by atoms with Gasteiger partial charge in [0.15, 0.2) is 0 Å². The molecule has 0 bridgehead atoms. The molecular formula is C21H19N5O2S. The van der Waals surface area contributed by atoms with Crippen LogP contribution in [-0.2, 0) is 9.59 Å². The van der Waals surface area contributed by atoms with Crippen molar-refractivity contribution in [1.29, 1.82) is 10.5 Å². The summed E-state index contributed by atoms with van der Waals surface area (Å²) in [5, 5.41) is 19.0. The summed E-state index contributed by atoms with van der Waals surface area (Å²) in [6.07, 6.45) is 0.0326. The van der Waals surface area contributed by atoms with E-state index in [4.69, 9.17) is 5.73 Å². The zero-order valence-electron chi connectivity index (χ0n) is 16.3. The second kappa shape index (κ2) is 7.94. The topological polar surface area (TPSA) is 124 Å². The number of amides is 2. The van der Waals surface area contributed by atoms with Crippen molar-refractivity contribution in [2.45, 2.75) is 36.5 Å². The summed E-state index contributed by atoms with van der Waals surface area (Å²) < 4.78 is 0. The van der Waals surface area contributed by atoms with E-state index >= 15 is 0 Å². The number of nitrogen functional groups attached to an aromatic ring is 1. The Labute approximate surface area is 173 Å². The first kappa shape index (κ1) is 20.4. The van der Waals surface area contributed by atoms with E-state index in [-0.39, 0.29) is 40.2 Å². The number of likely N-dealkylation sites (tertiary alicyclic amines) is 1. The SMILES string of the molecule is CC(C)c1ccc(-c2c(C#N)c(N)nc(SC3CC(=O)N(C)C3=O)c2C#N)cc1. The fourth-order valence-electron chi connectivity index (χ4n) is 3.16. The zero-order valence-corrected chi connectivity index (χ0v) is 17.1. The van der Waals surface area contributed by atoms with E-state index in [1.165, 1.54) is 7.05 Å². The first-order valence-electron chi connectivity index (χ1n) is 8.99. The molecule has 1 saturated heterocycles. The summed E-state index contributed by atoms with van der Waals surface area (Å²) in [5.41, 5.74) is 8.50. The molecule has 0 saturated carbocycles. The van der Waals surface area contributed by atoms with Crippen LogP contribution in [0.1, 0.15) is 42.9 Å². The van der Waals surface area contributed by atoms with Crippen LogP contribution in [0.3, 0.4) is 0 Å². The van der Waals surface area contributed by atoms with Gasteiger partial charge in [-0.25, -0.2) is 4.98 Å². The Morgan fingerprint density at radius 2 is 1.79 bits per heavy atom. The van der Waals surface area contributed by atoms with Crippen LogP contribution in [0, 0.1) is 22.7 Å². The molecule has 0 aliphatic carbocycles. The highest BCUT2D eigenvalue weighted by Gasteiger charge is 2.38. The number of aromatic nitrogens is 1. The van der Waals surface area contributed by atoms with Crippen molar-refractivity contribution >= 4 is 29.4 Å². The van der Waals surface area contributed by atoms with Crippen molar-refractivity contribution < 1.29 is 9.59 Å². The van der Waals surface area contributed by atoms with Gasteiger partial charge >= 0.3 is 0 Å². The number of hydrogen-bond donors (Lipinski definition) is 1. The summed E-state index contributed by atoms with van der Waals surface area (Å²) in [5.74, 6) is -0.290. The first-order chi connectivity index (χ1) is 13.8. The second-order valence-electron chi connectivity index (χ2n) is 7.03. The van der Waals surface area contributed by atoms with E-state index < -0.39 is 5.25 Å². The summed E-state index contributed by atoms with van der Waals surface area (Å²) in [6, 6.07) is 11.7. The van der Waals surface area contributed by atoms with Gasteiger partial charge in [-0.05, 0) is 17.0 Å². The lowest BCUT2D eigenvalue weighted by molar-refractivity contribution is -0.136. The number of pyridine rings is 1. The molecule has 2 heterocycles. The summed E-state index contributed by atoms with van der Waals surface area (Å²) in [6.45, 7) is 4.15. The molecule has 1 fully saturated rings. The van der Waals surface area contributed by atoms with Gasteiger partial charge in [-0.1, -0.05) is 49.9 Å². The predicted octanol–water partition coefficient (Wildman–Crippen LogP) is 3.05. The van der Waals surface area contributed by atoms with Gasteiger partial charge in [0.25, 0.3) is 0 Å². The third-order valence-electron chi connectivity index (χ3n) is 4.88. The van der Waals surface area contributed by atoms with Gasteiger partial charge in [0.2, 0.25) is 11.8 Å². The van der Waals surface area contributed by atoms with Crippen molar-refractivity contribution in [2.75, 3.05) is 12.8 Å². The van der Waals surface area contributed by atoms with Crippen LogP contribution < -0.4 is 5.73 Å². The molecule has 8 heteroatoms. The molecule has 1 atom stereocenters. The monoisotopic (exact) mass is 405 g/mol. The molecule has 3 rings (SSSR count). The number of carbonyl (C=O) groups is 2. The maximum absolute atomic E-state index is 12.3. The van der Waals surface area contributed by atoms with Crippen LogP contribution in [0.2, 0.25) is 0 Å². The second-order valence-corrected chi connectivity index (χ2v) is 8.22. The van der Waals surface area contributed by atoms with Crippen molar-refractivity contribution in [2.24, 2.45) is 0 Å². The molecule has 1 aliphatic heterocycles. The van der Waals surface area contributed by atoms with E-state index in [1.807, 2.05) is 30.3 Å². The Bertz CT molecular complexity index is 1080. The van der Waals surface area contributed by atoms with Crippen molar-refractivity contribution in [3.8, 4) is 23.3 Å². The molecule has 1 aromatic heterocycles. The van der Waals surface area contributed by atoms with Gasteiger partial charge in [-0.2, -0.15) is 10.5 Å². The fourth-order valence-corrected chi connectivity index (χ4v) is 4.33. The van der Waals surface area contributed by atoms with Crippen molar-refractivity contribution in [1.82, 2.24) is 9.88 Å². The first-order valence-corrected chi connectivity index (χ1v) is 9.87. The molecule has 29 heavy (non-hydrogen) atoms. The number of imide groups is 1. The van der Waals surface area contributed by atoms with Crippen molar-refractivity contribution in [3.05, 3.63) is 41.0 Å². The minimum Gasteiger partial charge on any atom is -0.383 e. The molecule has 2 amide bonds. The zero-order chi connectivity index (χ0) is 21.3. The minimum absolute atomic E-state index is 0.0120. The molecule has 1 unspecified atom stereocenters. The molecule has 146 valence electrons. The van der Waals surface area contributed by atoms with E-state index in [0.717, 1.165) is 22.2 Å². The normalized spacial score (nSPS) is 16.2. The highest BCUT2D eigenvalue weighted by Crippen LogP contribution is 2.39. The number of rotatable bonds is 4. The van der Waals surface area contributed by atoms with Gasteiger partial charge in [0, 0.05) is 19.0 Å². The summed E-state index contributed by atoms with van der Waals surface area (Å²) in [4.78, 5) is 29.4. The number of nitrogens with zero attached hydrogens (tertiary/aromatic N) is 4. The van der Waals surface area contributed by atoms with E-state index in [0.29, 0.717) is 17.0 Å². The Balaban J connectivity index is 2.13. The molecule has 2 aromatic rings. The van der Waals surface area contributed by atoms with Crippen LogP contribution in [-0.4, -0.2) is 34.0 Å². The number of hydrogen-bond acceptors (Lipinski definition) is 7. The van der Waals surface area contributed by atoms with Gasteiger partial charge < -0.3 is 5.73 Å². The number of benzene rings is 1. The number of carbonyl (C=O) groups excluding carboxylic acids is 2. The van der Waals surface area contributed by atoms with Crippen LogP contribution in [0.15, 0.2) is 29.3 Å². The molecule has 7 nitrogen and oxygen atoms in total. The summed E-state index contributed by atoms with van der Waals surface area (Å²) >= 11 is 1.03. The maximum atomic E-state index is 12.3. The van der Waals surface area contributed by atoms with Crippen LogP contribution in [0.4, 0.5) is 5.82 Å². The number of thioether (sulfide) groups is 1. The fraction of sp³-hybridized carbons (Fsp3) is 0.286. The quantitative estimate of drug-likeness (QED) is 0.775. The highest BCUT2D eigenvalue weighted by molar-refractivity contribution is 8.00. The van der Waals surface area contributed by atoms with E-state index in [1.54, 1.807) is 0 Å². The highest BCUT2D eigenvalue weighted by atomic mass is 32.2. The Hall–Kier alpha value is -3.36. The predicted molar refractivity (Wildman–Crippen MR) is 110 cm³/mol. The third-order valence-corrected chi connectivity index (χ3v) is 6.05. The van der Waals surface area contributed by atoms with Gasteiger partial charge in [0.1, 0.15) is 28.5 Å². The average Bonchev–Trinajstić information content (AvgIpc) is 2.94. The number of anilines is 1. The number of nitriles is 2. The molecule has 1 aromatic carbocycles. The molecule has 0 radical (unpaired) electrons. The lowest BCUT2D eigenvalue weighted by atomic mass is 9.94. The van der Waals surface area contributed by atoms with Gasteiger partial charge in [-0.15, -0.1) is 0 Å². The lowest BCUT2D eigenvalue weighted by Crippen LogP contribution is -2.26. The van der Waals surface area contributed by atoms with Crippen LogP contribution in [0.25, 0.3) is 11.1 Å². The van der Waals surface area contributed by atoms with Crippen LogP contribution >= 0.6 is 11.8 Å². The largest absolute Gasteiger partial charge is 0.383 e. The average molecular weight is 405 g/mol. The lowest BCUT2D eigenvalue weighted by Gasteiger charge is -2.15. The number of nitrogens with two attached hydrogens (primary N) is 1.